The fourth-order valence-electron chi connectivity index (χ4n) is 1.73. The Balaban J connectivity index is 1.98. The summed E-state index contributed by atoms with van der Waals surface area (Å²) in [7, 11) is 0. The van der Waals surface area contributed by atoms with Gasteiger partial charge in [-0.05, 0) is 23.8 Å². The zero-order chi connectivity index (χ0) is 15.1. The van der Waals surface area contributed by atoms with Crippen molar-refractivity contribution in [2.45, 2.75) is 6.61 Å². The van der Waals surface area contributed by atoms with Gasteiger partial charge in [0.1, 0.15) is 19.0 Å². The minimum atomic E-state index is -0.460. The monoisotopic (exact) mass is 307 g/mol. The summed E-state index contributed by atoms with van der Waals surface area (Å²) in [6, 6.07) is 13.6. The van der Waals surface area contributed by atoms with E-state index in [4.69, 9.17) is 21.1 Å². The first-order valence-corrected chi connectivity index (χ1v) is 6.88. The van der Waals surface area contributed by atoms with Crippen molar-refractivity contribution in [1.82, 2.24) is 0 Å². The number of hydrogen-bond acceptors (Lipinski definition) is 4. The quantitative estimate of drug-likeness (QED) is 0.443. The Morgan fingerprint density at radius 3 is 2.43 bits per heavy atom. The molecule has 6 heteroatoms. The molecule has 0 heterocycles. The number of nitro groups is 1. The number of rotatable bonds is 7. The second-order valence-electron chi connectivity index (χ2n) is 4.19. The topological polar surface area (TPSA) is 61.6 Å². The minimum absolute atomic E-state index is 0.0421. The molecule has 0 aliphatic carbocycles. The largest absolute Gasteiger partial charge is 0.492 e. The van der Waals surface area contributed by atoms with Crippen LogP contribution < -0.4 is 9.47 Å². The summed E-state index contributed by atoms with van der Waals surface area (Å²) in [4.78, 5) is 10.4. The molecule has 0 bridgehead atoms. The van der Waals surface area contributed by atoms with Gasteiger partial charge >= 0.3 is 5.69 Å². The van der Waals surface area contributed by atoms with Gasteiger partial charge in [0, 0.05) is 6.07 Å². The van der Waals surface area contributed by atoms with E-state index in [2.05, 4.69) is 0 Å². The van der Waals surface area contributed by atoms with Crippen LogP contribution in [-0.4, -0.2) is 17.4 Å². The second kappa shape index (κ2) is 7.50. The SMILES string of the molecule is O=[N+]([O-])c1ccccc1OCc1ccc(OCCCl)cc1. The number of alkyl halides is 1. The number of ether oxygens (including phenoxy) is 2. The molecule has 2 aromatic carbocycles. The lowest BCUT2D eigenvalue weighted by molar-refractivity contribution is -0.385. The van der Waals surface area contributed by atoms with Crippen LogP contribution in [0.5, 0.6) is 11.5 Å². The number of nitro benzene ring substituents is 1. The Morgan fingerprint density at radius 1 is 1.05 bits per heavy atom. The molecule has 0 amide bonds. The molecule has 0 N–H and O–H groups in total. The van der Waals surface area contributed by atoms with Crippen molar-refractivity contribution in [2.75, 3.05) is 12.5 Å². The summed E-state index contributed by atoms with van der Waals surface area (Å²) in [6.07, 6.45) is 0. The normalized spacial score (nSPS) is 10.1. The molecule has 2 rings (SSSR count). The third kappa shape index (κ3) is 4.36. The van der Waals surface area contributed by atoms with Gasteiger partial charge in [-0.25, -0.2) is 0 Å². The molecule has 110 valence electrons. The molecule has 21 heavy (non-hydrogen) atoms. The molecule has 0 fully saturated rings. The van der Waals surface area contributed by atoms with E-state index in [9.17, 15) is 10.1 Å². The van der Waals surface area contributed by atoms with Crippen LogP contribution in [-0.2, 0) is 6.61 Å². The van der Waals surface area contributed by atoms with Gasteiger partial charge in [0.05, 0.1) is 10.8 Å². The van der Waals surface area contributed by atoms with Crippen molar-refractivity contribution in [3.63, 3.8) is 0 Å². The Hall–Kier alpha value is -2.27. The third-order valence-electron chi connectivity index (χ3n) is 2.73. The molecule has 0 unspecified atom stereocenters. The first-order valence-electron chi connectivity index (χ1n) is 6.34. The Morgan fingerprint density at radius 2 is 1.76 bits per heavy atom. The zero-order valence-corrected chi connectivity index (χ0v) is 12.0. The van der Waals surface area contributed by atoms with Crippen molar-refractivity contribution in [3.05, 3.63) is 64.2 Å². The van der Waals surface area contributed by atoms with Crippen LogP contribution in [0.3, 0.4) is 0 Å². The van der Waals surface area contributed by atoms with Crippen molar-refractivity contribution < 1.29 is 14.4 Å². The van der Waals surface area contributed by atoms with E-state index in [1.165, 1.54) is 6.07 Å². The van der Waals surface area contributed by atoms with Crippen LogP contribution in [0.1, 0.15) is 5.56 Å². The summed E-state index contributed by atoms with van der Waals surface area (Å²) in [6.45, 7) is 0.703. The molecule has 0 aliphatic heterocycles. The highest BCUT2D eigenvalue weighted by Crippen LogP contribution is 2.26. The molecular weight excluding hydrogens is 294 g/mol. The van der Waals surface area contributed by atoms with Crippen LogP contribution in [0, 0.1) is 10.1 Å². The third-order valence-corrected chi connectivity index (χ3v) is 2.88. The van der Waals surface area contributed by atoms with E-state index >= 15 is 0 Å². The van der Waals surface area contributed by atoms with Crippen molar-refractivity contribution >= 4 is 17.3 Å². The lowest BCUT2D eigenvalue weighted by Crippen LogP contribution is -2.00. The van der Waals surface area contributed by atoms with Crippen LogP contribution in [0.25, 0.3) is 0 Å². The maximum Gasteiger partial charge on any atom is 0.310 e. The van der Waals surface area contributed by atoms with Gasteiger partial charge in [0.2, 0.25) is 0 Å². The molecule has 0 radical (unpaired) electrons. The molecule has 2 aromatic rings. The Bertz CT molecular complexity index is 601. The highest BCUT2D eigenvalue weighted by Gasteiger charge is 2.13. The van der Waals surface area contributed by atoms with E-state index in [0.717, 1.165) is 11.3 Å². The lowest BCUT2D eigenvalue weighted by Gasteiger charge is -2.08. The van der Waals surface area contributed by atoms with Gasteiger partial charge < -0.3 is 9.47 Å². The smallest absolute Gasteiger partial charge is 0.310 e. The Labute approximate surface area is 127 Å². The fourth-order valence-corrected chi connectivity index (χ4v) is 1.81. The highest BCUT2D eigenvalue weighted by atomic mass is 35.5. The van der Waals surface area contributed by atoms with Gasteiger partial charge in [0.25, 0.3) is 0 Å². The lowest BCUT2D eigenvalue weighted by atomic mass is 10.2. The van der Waals surface area contributed by atoms with Crippen LogP contribution in [0.15, 0.2) is 48.5 Å². The molecule has 0 aromatic heterocycles. The zero-order valence-electron chi connectivity index (χ0n) is 11.2. The standard InChI is InChI=1S/C15H14ClNO4/c16-9-10-20-13-7-5-12(6-8-13)11-21-15-4-2-1-3-14(15)17(18)19/h1-8H,9-11H2. The van der Waals surface area contributed by atoms with Crippen molar-refractivity contribution in [1.29, 1.82) is 0 Å². The summed E-state index contributed by atoms with van der Waals surface area (Å²) >= 11 is 5.54. The Kier molecular flexibility index (Phi) is 5.40. The molecule has 0 atom stereocenters. The first kappa shape index (κ1) is 15.1. The minimum Gasteiger partial charge on any atom is -0.492 e. The number of para-hydroxylation sites is 2. The van der Waals surface area contributed by atoms with E-state index in [1.54, 1.807) is 18.2 Å². The van der Waals surface area contributed by atoms with E-state index < -0.39 is 4.92 Å². The summed E-state index contributed by atoms with van der Waals surface area (Å²) < 4.78 is 10.9. The molecule has 0 saturated heterocycles. The average Bonchev–Trinajstić information content (AvgIpc) is 2.52. The first-order chi connectivity index (χ1) is 10.2. The molecule has 0 saturated carbocycles. The van der Waals surface area contributed by atoms with Crippen molar-refractivity contribution in [2.24, 2.45) is 0 Å². The van der Waals surface area contributed by atoms with Crippen molar-refractivity contribution in [3.8, 4) is 11.5 Å². The number of nitrogens with zero attached hydrogens (tertiary/aromatic N) is 1. The van der Waals surface area contributed by atoms with Gasteiger partial charge in [-0.2, -0.15) is 0 Å². The van der Waals surface area contributed by atoms with Gasteiger partial charge in [-0.15, -0.1) is 11.6 Å². The van der Waals surface area contributed by atoms with Crippen LogP contribution >= 0.6 is 11.6 Å². The van der Waals surface area contributed by atoms with E-state index in [1.807, 2.05) is 24.3 Å². The van der Waals surface area contributed by atoms with Gasteiger partial charge in [-0.3, -0.25) is 10.1 Å². The summed E-state index contributed by atoms with van der Waals surface area (Å²) in [5, 5.41) is 10.9. The van der Waals surface area contributed by atoms with Gasteiger partial charge in [-0.1, -0.05) is 24.3 Å². The number of hydrogen-bond donors (Lipinski definition) is 0. The maximum absolute atomic E-state index is 10.9. The summed E-state index contributed by atoms with van der Waals surface area (Å²) in [5.74, 6) is 1.41. The van der Waals surface area contributed by atoms with Crippen LogP contribution in [0.2, 0.25) is 0 Å². The molecule has 5 nitrogen and oxygen atoms in total. The highest BCUT2D eigenvalue weighted by molar-refractivity contribution is 6.18. The number of benzene rings is 2. The van der Waals surface area contributed by atoms with Gasteiger partial charge in [0.15, 0.2) is 5.75 Å². The molecule has 0 aliphatic rings. The fraction of sp³-hybridized carbons (Fsp3) is 0.200. The summed E-state index contributed by atoms with van der Waals surface area (Å²) in [5.41, 5.74) is 0.853. The van der Waals surface area contributed by atoms with Crippen LogP contribution in [0.4, 0.5) is 5.69 Å². The predicted molar refractivity (Wildman–Crippen MR) is 80.1 cm³/mol. The number of halogens is 1. The van der Waals surface area contributed by atoms with E-state index in [0.29, 0.717) is 12.5 Å². The second-order valence-corrected chi connectivity index (χ2v) is 4.57. The maximum atomic E-state index is 10.9. The average molecular weight is 308 g/mol. The predicted octanol–water partition coefficient (Wildman–Crippen LogP) is 3.79. The molecular formula is C15H14ClNO4. The molecule has 0 spiro atoms. The van der Waals surface area contributed by atoms with E-state index in [-0.39, 0.29) is 18.0 Å².